The first-order chi connectivity index (χ1) is 19.8. The molecule has 4 heterocycles. The maximum Gasteiger partial charge on any atom is 0.307 e. The van der Waals surface area contributed by atoms with Gasteiger partial charge in [-0.3, -0.25) is 14.5 Å². The van der Waals surface area contributed by atoms with E-state index in [4.69, 9.17) is 4.98 Å². The summed E-state index contributed by atoms with van der Waals surface area (Å²) in [6.45, 7) is 2.89. The van der Waals surface area contributed by atoms with E-state index in [1.165, 1.54) is 11.3 Å². The average Bonchev–Trinajstić information content (AvgIpc) is 3.52. The molecule has 210 valence electrons. The van der Waals surface area contributed by atoms with Crippen LogP contribution >= 0.6 is 0 Å². The van der Waals surface area contributed by atoms with Crippen LogP contribution in [-0.2, 0) is 24.8 Å². The van der Waals surface area contributed by atoms with Gasteiger partial charge in [0.15, 0.2) is 0 Å². The third-order valence-corrected chi connectivity index (χ3v) is 8.46. The molecular formula is C33H35N5O3. The SMILES string of the molecule is CN(C)C(=O)c1ccc(C2CCN(Cc3cc4c(-c5ccc6[nH]cc(CC(=O)O)c6c5)ccnc4n3C)CC2)cc1. The molecule has 1 amide bonds. The Morgan fingerprint density at radius 3 is 2.49 bits per heavy atom. The first-order valence-electron chi connectivity index (χ1n) is 14.1. The van der Waals surface area contributed by atoms with E-state index in [2.05, 4.69) is 51.8 Å². The largest absolute Gasteiger partial charge is 0.481 e. The van der Waals surface area contributed by atoms with Crippen molar-refractivity contribution >= 4 is 33.8 Å². The van der Waals surface area contributed by atoms with Gasteiger partial charge in [-0.25, -0.2) is 4.98 Å². The predicted octanol–water partition coefficient (Wildman–Crippen LogP) is 5.43. The number of hydrogen-bond acceptors (Lipinski definition) is 4. The highest BCUT2D eigenvalue weighted by Crippen LogP contribution is 2.34. The fraction of sp³-hybridized carbons (Fsp3) is 0.303. The third-order valence-electron chi connectivity index (χ3n) is 8.46. The Bertz CT molecular complexity index is 1740. The molecule has 0 unspecified atom stereocenters. The van der Waals surface area contributed by atoms with Gasteiger partial charge in [0, 0.05) is 67.6 Å². The predicted molar refractivity (Wildman–Crippen MR) is 161 cm³/mol. The van der Waals surface area contributed by atoms with Crippen LogP contribution in [0.15, 0.2) is 67.0 Å². The van der Waals surface area contributed by atoms with Crippen molar-refractivity contribution in [3.63, 3.8) is 0 Å². The Kier molecular flexibility index (Phi) is 7.09. The second kappa shape index (κ2) is 10.9. The number of piperidine rings is 1. The highest BCUT2D eigenvalue weighted by atomic mass is 16.4. The van der Waals surface area contributed by atoms with Gasteiger partial charge in [-0.05, 0) is 90.5 Å². The number of nitrogens with zero attached hydrogens (tertiary/aromatic N) is 4. The van der Waals surface area contributed by atoms with Crippen molar-refractivity contribution in [2.75, 3.05) is 27.2 Å². The molecule has 0 atom stereocenters. The van der Waals surface area contributed by atoms with E-state index < -0.39 is 5.97 Å². The van der Waals surface area contributed by atoms with Crippen molar-refractivity contribution in [3.8, 4) is 11.1 Å². The van der Waals surface area contributed by atoms with Crippen LogP contribution in [0.1, 0.15) is 45.9 Å². The Morgan fingerprint density at radius 1 is 1.02 bits per heavy atom. The van der Waals surface area contributed by atoms with Crippen LogP contribution in [0.4, 0.5) is 0 Å². The fourth-order valence-electron chi connectivity index (χ4n) is 6.14. The van der Waals surface area contributed by atoms with Crippen molar-refractivity contribution in [2.24, 2.45) is 7.05 Å². The number of H-pyrrole nitrogens is 1. The second-order valence-corrected chi connectivity index (χ2v) is 11.3. The number of hydrogen-bond donors (Lipinski definition) is 2. The standard InChI is InChI=1S/C33H35N5O3/c1-36(2)33(41)23-6-4-21(5-7-23)22-11-14-38(15-12-22)20-26-18-29-27(10-13-34-32(29)37(26)3)24-8-9-30-28(16-24)25(19-35-30)17-31(39)40/h4-10,13,16,18-19,22,35H,11-12,14-15,17,20H2,1-3H3,(H,39,40). The Balaban J connectivity index is 1.19. The topological polar surface area (TPSA) is 94.5 Å². The molecule has 0 spiro atoms. The number of carbonyl (C=O) groups excluding carboxylic acids is 1. The first kappa shape index (κ1) is 26.8. The minimum atomic E-state index is -0.839. The second-order valence-electron chi connectivity index (χ2n) is 11.3. The summed E-state index contributed by atoms with van der Waals surface area (Å²) in [7, 11) is 5.64. The van der Waals surface area contributed by atoms with E-state index in [0.717, 1.165) is 76.7 Å². The molecule has 5 aromatic rings. The number of pyridine rings is 1. The molecule has 1 fully saturated rings. The molecule has 41 heavy (non-hydrogen) atoms. The van der Waals surface area contributed by atoms with Gasteiger partial charge in [-0.2, -0.15) is 0 Å². The number of aromatic nitrogens is 3. The molecule has 2 N–H and O–H groups in total. The summed E-state index contributed by atoms with van der Waals surface area (Å²) in [4.78, 5) is 35.6. The lowest BCUT2D eigenvalue weighted by molar-refractivity contribution is -0.136. The number of fused-ring (bicyclic) bond motifs is 2. The molecule has 1 aliphatic heterocycles. The number of aromatic amines is 1. The van der Waals surface area contributed by atoms with Gasteiger partial charge >= 0.3 is 5.97 Å². The maximum absolute atomic E-state index is 12.2. The van der Waals surface area contributed by atoms with Crippen LogP contribution in [0, 0.1) is 0 Å². The fourth-order valence-corrected chi connectivity index (χ4v) is 6.14. The third kappa shape index (κ3) is 5.23. The molecule has 8 nitrogen and oxygen atoms in total. The minimum absolute atomic E-state index is 0.0111. The van der Waals surface area contributed by atoms with E-state index in [1.54, 1.807) is 25.2 Å². The van der Waals surface area contributed by atoms with Gasteiger partial charge in [0.1, 0.15) is 5.65 Å². The van der Waals surface area contributed by atoms with Crippen molar-refractivity contribution in [1.82, 2.24) is 24.3 Å². The summed E-state index contributed by atoms with van der Waals surface area (Å²) < 4.78 is 2.19. The number of benzene rings is 2. The summed E-state index contributed by atoms with van der Waals surface area (Å²) in [6, 6.07) is 18.6. The van der Waals surface area contributed by atoms with E-state index in [-0.39, 0.29) is 12.3 Å². The van der Waals surface area contributed by atoms with E-state index in [1.807, 2.05) is 30.5 Å². The number of aliphatic carboxylic acids is 1. The summed E-state index contributed by atoms with van der Waals surface area (Å²) in [5.74, 6) is -0.300. The summed E-state index contributed by atoms with van der Waals surface area (Å²) >= 11 is 0. The maximum atomic E-state index is 12.2. The highest BCUT2D eigenvalue weighted by molar-refractivity contribution is 5.98. The quantitative estimate of drug-likeness (QED) is 0.282. The Labute approximate surface area is 239 Å². The van der Waals surface area contributed by atoms with E-state index in [9.17, 15) is 14.7 Å². The summed E-state index contributed by atoms with van der Waals surface area (Å²) in [6.07, 6.45) is 5.80. The number of carboxylic acid groups (broad SMARTS) is 1. The van der Waals surface area contributed by atoms with Gasteiger partial charge in [0.2, 0.25) is 0 Å². The van der Waals surface area contributed by atoms with Crippen molar-refractivity contribution in [2.45, 2.75) is 31.7 Å². The monoisotopic (exact) mass is 549 g/mol. The molecule has 2 aromatic carbocycles. The van der Waals surface area contributed by atoms with E-state index >= 15 is 0 Å². The van der Waals surface area contributed by atoms with Crippen LogP contribution in [0.3, 0.4) is 0 Å². The van der Waals surface area contributed by atoms with E-state index in [0.29, 0.717) is 5.92 Å². The summed E-state index contributed by atoms with van der Waals surface area (Å²) in [5, 5.41) is 11.4. The number of rotatable bonds is 7. The zero-order valence-electron chi connectivity index (χ0n) is 23.7. The zero-order valence-corrected chi connectivity index (χ0v) is 23.7. The number of aryl methyl sites for hydroxylation is 1. The molecule has 1 aliphatic rings. The molecule has 8 heteroatoms. The van der Waals surface area contributed by atoms with Gasteiger partial charge < -0.3 is 19.6 Å². The van der Waals surface area contributed by atoms with Gasteiger partial charge in [0.25, 0.3) is 5.91 Å². The Morgan fingerprint density at radius 2 is 1.78 bits per heavy atom. The number of likely N-dealkylation sites (tertiary alicyclic amines) is 1. The molecule has 3 aromatic heterocycles. The molecule has 0 radical (unpaired) electrons. The number of amides is 1. The molecule has 0 bridgehead atoms. The normalized spacial score (nSPS) is 14.6. The molecule has 1 saturated heterocycles. The van der Waals surface area contributed by atoms with Crippen LogP contribution in [-0.4, -0.2) is 68.5 Å². The number of carbonyl (C=O) groups is 2. The first-order valence-corrected chi connectivity index (χ1v) is 14.1. The molecule has 0 saturated carbocycles. The highest BCUT2D eigenvalue weighted by Gasteiger charge is 2.23. The van der Waals surface area contributed by atoms with Crippen LogP contribution in [0.2, 0.25) is 0 Å². The lowest BCUT2D eigenvalue weighted by Crippen LogP contribution is -2.33. The van der Waals surface area contributed by atoms with Crippen LogP contribution in [0.5, 0.6) is 0 Å². The van der Waals surface area contributed by atoms with Gasteiger partial charge in [-0.15, -0.1) is 0 Å². The Hall–Kier alpha value is -4.43. The van der Waals surface area contributed by atoms with Gasteiger partial charge in [0.05, 0.1) is 6.42 Å². The van der Waals surface area contributed by atoms with Crippen LogP contribution < -0.4 is 0 Å². The van der Waals surface area contributed by atoms with Crippen molar-refractivity contribution in [1.29, 1.82) is 0 Å². The average molecular weight is 550 g/mol. The van der Waals surface area contributed by atoms with Gasteiger partial charge in [-0.1, -0.05) is 18.2 Å². The zero-order chi connectivity index (χ0) is 28.7. The van der Waals surface area contributed by atoms with Crippen molar-refractivity contribution < 1.29 is 14.7 Å². The molecule has 0 aliphatic carbocycles. The lowest BCUT2D eigenvalue weighted by Gasteiger charge is -2.32. The smallest absolute Gasteiger partial charge is 0.307 e. The van der Waals surface area contributed by atoms with Crippen molar-refractivity contribution in [3.05, 3.63) is 89.4 Å². The lowest BCUT2D eigenvalue weighted by atomic mass is 9.89. The number of carboxylic acids is 1. The number of nitrogens with one attached hydrogen (secondary N) is 1. The summed E-state index contributed by atoms with van der Waals surface area (Å²) in [5.41, 5.74) is 8.07. The van der Waals surface area contributed by atoms with Crippen LogP contribution in [0.25, 0.3) is 33.1 Å². The molecule has 6 rings (SSSR count). The molecular weight excluding hydrogens is 514 g/mol. The minimum Gasteiger partial charge on any atom is -0.481 e.